The van der Waals surface area contributed by atoms with E-state index in [0.29, 0.717) is 12.2 Å². The normalized spacial score (nSPS) is 21.6. The number of hydrogen-bond acceptors (Lipinski definition) is 4. The molecule has 1 amide bonds. The molecule has 0 radical (unpaired) electrons. The van der Waals surface area contributed by atoms with Crippen molar-refractivity contribution in [1.29, 1.82) is 0 Å². The first-order valence-corrected chi connectivity index (χ1v) is 11.1. The lowest BCUT2D eigenvalue weighted by Gasteiger charge is -2.35. The van der Waals surface area contributed by atoms with E-state index >= 15 is 0 Å². The number of likely N-dealkylation sites (N-methyl/N-ethyl adjacent to an activating group) is 1. The van der Waals surface area contributed by atoms with Gasteiger partial charge in [0.1, 0.15) is 18.2 Å². The van der Waals surface area contributed by atoms with E-state index in [4.69, 9.17) is 4.74 Å². The highest BCUT2D eigenvalue weighted by Gasteiger charge is 2.34. The Kier molecular flexibility index (Phi) is 6.88. The maximum atomic E-state index is 14.1. The number of carbonyl (C=O) groups is 1. The minimum Gasteiger partial charge on any atom is -0.492 e. The second kappa shape index (κ2) is 9.79. The monoisotopic (exact) mass is 425 g/mol. The molecule has 1 saturated heterocycles. The van der Waals surface area contributed by atoms with E-state index in [1.54, 1.807) is 18.2 Å². The van der Waals surface area contributed by atoms with Crippen molar-refractivity contribution in [3.63, 3.8) is 0 Å². The van der Waals surface area contributed by atoms with Crippen LogP contribution in [0, 0.1) is 5.82 Å². The van der Waals surface area contributed by atoms with Gasteiger partial charge in [0.05, 0.1) is 12.5 Å². The van der Waals surface area contributed by atoms with Crippen LogP contribution in [-0.4, -0.2) is 73.0 Å². The summed E-state index contributed by atoms with van der Waals surface area (Å²) in [6, 6.07) is 15.2. The number of amides is 1. The van der Waals surface area contributed by atoms with Gasteiger partial charge in [-0.15, -0.1) is 0 Å². The van der Waals surface area contributed by atoms with E-state index < -0.39 is 0 Å². The number of likely N-dealkylation sites (tertiary alicyclic amines) is 1. The highest BCUT2D eigenvalue weighted by atomic mass is 19.1. The average molecular weight is 426 g/mol. The van der Waals surface area contributed by atoms with Crippen LogP contribution in [0.2, 0.25) is 0 Å². The van der Waals surface area contributed by atoms with E-state index in [-0.39, 0.29) is 30.2 Å². The first-order chi connectivity index (χ1) is 15.0. The number of hydrogen-bond donors (Lipinski definition) is 0. The fourth-order valence-corrected chi connectivity index (χ4v) is 4.75. The number of ether oxygens (including phenoxy) is 1. The van der Waals surface area contributed by atoms with Crippen molar-refractivity contribution in [2.24, 2.45) is 0 Å². The zero-order chi connectivity index (χ0) is 21.8. The lowest BCUT2D eigenvalue weighted by molar-refractivity contribution is -0.131. The Labute approximate surface area is 184 Å². The summed E-state index contributed by atoms with van der Waals surface area (Å²) in [4.78, 5) is 19.7. The molecule has 166 valence electrons. The van der Waals surface area contributed by atoms with E-state index in [2.05, 4.69) is 30.0 Å². The maximum Gasteiger partial charge on any atom is 0.227 e. The minimum atomic E-state index is -0.307. The Morgan fingerprint density at radius 1 is 1.13 bits per heavy atom. The molecule has 5 nitrogen and oxygen atoms in total. The van der Waals surface area contributed by atoms with Crippen LogP contribution in [0.4, 0.5) is 4.39 Å². The Balaban J connectivity index is 1.49. The second-order valence-corrected chi connectivity index (χ2v) is 8.92. The molecule has 2 aliphatic heterocycles. The predicted molar refractivity (Wildman–Crippen MR) is 120 cm³/mol. The molecule has 0 saturated carbocycles. The number of nitrogens with zero attached hydrogens (tertiary/aromatic N) is 3. The van der Waals surface area contributed by atoms with Crippen molar-refractivity contribution < 1.29 is 13.9 Å². The molecule has 2 aromatic carbocycles. The van der Waals surface area contributed by atoms with Crippen molar-refractivity contribution >= 4 is 5.91 Å². The topological polar surface area (TPSA) is 36.0 Å². The summed E-state index contributed by atoms with van der Waals surface area (Å²) in [5.74, 6) is 0.662. The summed E-state index contributed by atoms with van der Waals surface area (Å²) in [5, 5.41) is 0. The fourth-order valence-electron chi connectivity index (χ4n) is 4.75. The van der Waals surface area contributed by atoms with Crippen molar-refractivity contribution in [2.45, 2.75) is 37.9 Å². The molecule has 31 heavy (non-hydrogen) atoms. The average Bonchev–Trinajstić information content (AvgIpc) is 3.14. The van der Waals surface area contributed by atoms with Gasteiger partial charge in [0.15, 0.2) is 0 Å². The van der Waals surface area contributed by atoms with E-state index in [1.165, 1.54) is 11.6 Å². The van der Waals surface area contributed by atoms with Crippen LogP contribution in [-0.2, 0) is 17.8 Å². The number of benzene rings is 2. The number of halogens is 1. The van der Waals surface area contributed by atoms with Crippen LogP contribution in [0.1, 0.15) is 24.0 Å². The van der Waals surface area contributed by atoms with E-state index in [1.807, 2.05) is 23.1 Å². The molecule has 6 heteroatoms. The van der Waals surface area contributed by atoms with E-state index in [9.17, 15) is 9.18 Å². The molecule has 2 atom stereocenters. The summed E-state index contributed by atoms with van der Waals surface area (Å²) in [6.45, 7) is 3.88. The van der Waals surface area contributed by atoms with Gasteiger partial charge in [0.2, 0.25) is 5.91 Å². The standard InChI is InChI=1S/C25H32FN3O2/c1-27(2)16-22-18-31-24-12-6-4-9-20(24)15-28(22)17-21-10-7-13-29(21)25(30)14-19-8-3-5-11-23(19)26/h3-6,8-9,11-12,21-22H,7,10,13-18H2,1-2H3/t21-,22-/m0/s1. The molecular formula is C25H32FN3O2. The zero-order valence-electron chi connectivity index (χ0n) is 18.5. The molecule has 0 unspecified atom stereocenters. The summed E-state index contributed by atoms with van der Waals surface area (Å²) < 4.78 is 20.2. The Morgan fingerprint density at radius 3 is 2.71 bits per heavy atom. The van der Waals surface area contributed by atoms with Gasteiger partial charge in [0.25, 0.3) is 0 Å². The van der Waals surface area contributed by atoms with Crippen molar-refractivity contribution in [2.75, 3.05) is 40.3 Å². The van der Waals surface area contributed by atoms with Gasteiger partial charge >= 0.3 is 0 Å². The predicted octanol–water partition coefficient (Wildman–Crippen LogP) is 3.18. The summed E-state index contributed by atoms with van der Waals surface area (Å²) >= 11 is 0. The van der Waals surface area contributed by atoms with Crippen LogP contribution in [0.3, 0.4) is 0 Å². The second-order valence-electron chi connectivity index (χ2n) is 8.92. The smallest absolute Gasteiger partial charge is 0.227 e. The van der Waals surface area contributed by atoms with Crippen molar-refractivity contribution in [3.05, 3.63) is 65.5 Å². The molecule has 0 aliphatic carbocycles. The first-order valence-electron chi connectivity index (χ1n) is 11.1. The van der Waals surface area contributed by atoms with Crippen molar-refractivity contribution in [1.82, 2.24) is 14.7 Å². The van der Waals surface area contributed by atoms with Gasteiger partial charge in [-0.1, -0.05) is 36.4 Å². The van der Waals surface area contributed by atoms with E-state index in [0.717, 1.165) is 44.8 Å². The lowest BCUT2D eigenvalue weighted by atomic mass is 10.1. The number of rotatable bonds is 6. The van der Waals surface area contributed by atoms with Crippen LogP contribution >= 0.6 is 0 Å². The molecule has 2 heterocycles. The number of carbonyl (C=O) groups excluding carboxylic acids is 1. The number of fused-ring (bicyclic) bond motifs is 1. The Bertz CT molecular complexity index is 904. The summed E-state index contributed by atoms with van der Waals surface area (Å²) in [7, 11) is 4.16. The molecule has 0 aromatic heterocycles. The van der Waals surface area contributed by atoms with Gasteiger partial charge in [-0.25, -0.2) is 4.39 Å². The molecule has 2 aromatic rings. The van der Waals surface area contributed by atoms with Gasteiger partial charge in [0, 0.05) is 37.8 Å². The number of para-hydroxylation sites is 1. The quantitative estimate of drug-likeness (QED) is 0.712. The lowest BCUT2D eigenvalue weighted by Crippen LogP contribution is -2.50. The third kappa shape index (κ3) is 5.25. The third-order valence-electron chi connectivity index (χ3n) is 6.31. The summed E-state index contributed by atoms with van der Waals surface area (Å²) in [6.07, 6.45) is 2.10. The minimum absolute atomic E-state index is 0.0169. The summed E-state index contributed by atoms with van der Waals surface area (Å²) in [5.41, 5.74) is 1.66. The van der Waals surface area contributed by atoms with Crippen molar-refractivity contribution in [3.8, 4) is 5.75 Å². The molecule has 0 spiro atoms. The maximum absolute atomic E-state index is 14.1. The molecule has 0 N–H and O–H groups in total. The molecule has 2 aliphatic rings. The van der Waals surface area contributed by atoms with Crippen LogP contribution in [0.5, 0.6) is 5.75 Å². The molecular weight excluding hydrogens is 393 g/mol. The molecule has 4 rings (SSSR count). The Morgan fingerprint density at radius 2 is 1.90 bits per heavy atom. The highest BCUT2D eigenvalue weighted by molar-refractivity contribution is 5.79. The Hall–Kier alpha value is -2.44. The first kappa shape index (κ1) is 21.8. The van der Waals surface area contributed by atoms with Gasteiger partial charge < -0.3 is 14.5 Å². The molecule has 0 bridgehead atoms. The van der Waals surface area contributed by atoms with Crippen LogP contribution in [0.15, 0.2) is 48.5 Å². The highest BCUT2D eigenvalue weighted by Crippen LogP contribution is 2.27. The van der Waals surface area contributed by atoms with Crippen LogP contribution < -0.4 is 4.74 Å². The van der Waals surface area contributed by atoms with Gasteiger partial charge in [-0.3, -0.25) is 9.69 Å². The SMILES string of the molecule is CN(C)C[C@H]1COc2ccccc2CN1C[C@@H]1CCCN1C(=O)Cc1ccccc1F. The largest absolute Gasteiger partial charge is 0.492 e. The zero-order valence-corrected chi connectivity index (χ0v) is 18.5. The van der Waals surface area contributed by atoms with Gasteiger partial charge in [-0.2, -0.15) is 0 Å². The third-order valence-corrected chi connectivity index (χ3v) is 6.31. The fraction of sp³-hybridized carbons (Fsp3) is 0.480. The molecule has 1 fully saturated rings. The van der Waals surface area contributed by atoms with Crippen LogP contribution in [0.25, 0.3) is 0 Å². The van der Waals surface area contributed by atoms with Gasteiger partial charge in [-0.05, 0) is 44.6 Å².